The molecule has 1 aromatic carbocycles. The summed E-state index contributed by atoms with van der Waals surface area (Å²) in [5.41, 5.74) is 3.79. The van der Waals surface area contributed by atoms with Gasteiger partial charge in [0.1, 0.15) is 18.0 Å². The average Bonchev–Trinajstić information content (AvgIpc) is 3.20. The zero-order chi connectivity index (χ0) is 23.4. The summed E-state index contributed by atoms with van der Waals surface area (Å²) in [5, 5.41) is 29.0. The van der Waals surface area contributed by atoms with Crippen molar-refractivity contribution in [2.75, 3.05) is 25.5 Å². The van der Waals surface area contributed by atoms with Crippen LogP contribution in [0.3, 0.4) is 0 Å². The highest BCUT2D eigenvalue weighted by Gasteiger charge is 2.44. The van der Waals surface area contributed by atoms with Gasteiger partial charge in [0.05, 0.1) is 11.1 Å². The molecule has 2 unspecified atom stereocenters. The Balaban J connectivity index is 0.00000107. The maximum Gasteiger partial charge on any atom is 0.130 e. The number of allylic oxidation sites excluding steroid dienone is 1. The molecule has 174 valence electrons. The first-order valence-corrected chi connectivity index (χ1v) is 11.2. The number of rotatable bonds is 7. The van der Waals surface area contributed by atoms with Crippen molar-refractivity contribution in [3.8, 4) is 5.75 Å². The molecule has 0 aliphatic carbocycles. The molecule has 31 heavy (non-hydrogen) atoms. The van der Waals surface area contributed by atoms with Crippen molar-refractivity contribution in [2.24, 2.45) is 0 Å². The van der Waals surface area contributed by atoms with Gasteiger partial charge in [-0.1, -0.05) is 19.1 Å². The van der Waals surface area contributed by atoms with Gasteiger partial charge < -0.3 is 25.7 Å². The zero-order valence-electron chi connectivity index (χ0n) is 20.2. The standard InChI is InChI=1S/C22H35N3O3.C3H6/c1-7-14-9-19-15(8-17(14)23-6)10-20(28-19)18(26)13-24-12-16-11-21(2,3)25(27)22(16,4)5;1-3-2/h8-9,11,18,20,23-24,26-27H,7,10,12-13H2,1-6H3;3H,1H2,2H3. The van der Waals surface area contributed by atoms with Crippen molar-refractivity contribution in [1.29, 1.82) is 0 Å². The Kier molecular flexibility index (Phi) is 8.34. The fourth-order valence-corrected chi connectivity index (χ4v) is 4.37. The summed E-state index contributed by atoms with van der Waals surface area (Å²) in [7, 11) is 1.93. The Morgan fingerprint density at radius 2 is 1.97 bits per heavy atom. The molecular weight excluding hydrogens is 390 g/mol. The van der Waals surface area contributed by atoms with E-state index < -0.39 is 17.2 Å². The Hall–Kier alpha value is -1.86. The van der Waals surface area contributed by atoms with Crippen LogP contribution in [0.4, 0.5) is 5.69 Å². The zero-order valence-corrected chi connectivity index (χ0v) is 20.2. The molecule has 0 aromatic heterocycles. The molecule has 2 aliphatic heterocycles. The van der Waals surface area contributed by atoms with E-state index in [0.29, 0.717) is 19.5 Å². The van der Waals surface area contributed by atoms with Crippen LogP contribution in [0.1, 0.15) is 52.7 Å². The number of aliphatic hydroxyl groups is 1. The first-order chi connectivity index (χ1) is 14.5. The van der Waals surface area contributed by atoms with Crippen LogP contribution >= 0.6 is 0 Å². The molecule has 2 aliphatic rings. The van der Waals surface area contributed by atoms with Crippen LogP contribution in [0.25, 0.3) is 0 Å². The van der Waals surface area contributed by atoms with Crippen molar-refractivity contribution in [3.05, 3.63) is 47.6 Å². The lowest BCUT2D eigenvalue weighted by Gasteiger charge is -2.36. The molecule has 3 rings (SSSR count). The Morgan fingerprint density at radius 3 is 2.48 bits per heavy atom. The van der Waals surface area contributed by atoms with Gasteiger partial charge in [0, 0.05) is 32.2 Å². The molecular formula is C25H41N3O3. The van der Waals surface area contributed by atoms with Gasteiger partial charge in [-0.25, -0.2) is 0 Å². The van der Waals surface area contributed by atoms with Crippen LogP contribution in [0.5, 0.6) is 5.75 Å². The second-order valence-corrected chi connectivity index (χ2v) is 9.38. The lowest BCUT2D eigenvalue weighted by Crippen LogP contribution is -2.49. The van der Waals surface area contributed by atoms with Gasteiger partial charge in [-0.2, -0.15) is 5.06 Å². The van der Waals surface area contributed by atoms with Gasteiger partial charge in [-0.3, -0.25) is 0 Å². The van der Waals surface area contributed by atoms with Crippen LogP contribution < -0.4 is 15.4 Å². The second-order valence-electron chi connectivity index (χ2n) is 9.38. The largest absolute Gasteiger partial charge is 0.487 e. The molecule has 2 heterocycles. The van der Waals surface area contributed by atoms with Crippen LogP contribution in [-0.4, -0.2) is 58.8 Å². The van der Waals surface area contributed by atoms with E-state index in [0.717, 1.165) is 29.0 Å². The van der Waals surface area contributed by atoms with E-state index in [4.69, 9.17) is 4.74 Å². The molecule has 0 bridgehead atoms. The van der Waals surface area contributed by atoms with E-state index in [2.05, 4.69) is 42.3 Å². The van der Waals surface area contributed by atoms with E-state index in [1.54, 1.807) is 6.08 Å². The van der Waals surface area contributed by atoms with Gasteiger partial charge in [0.25, 0.3) is 0 Å². The number of aryl methyl sites for hydroxylation is 1. The Labute approximate surface area is 187 Å². The first-order valence-electron chi connectivity index (χ1n) is 11.2. The fraction of sp³-hybridized carbons (Fsp3) is 0.600. The number of ether oxygens (including phenoxy) is 1. The third-order valence-electron chi connectivity index (χ3n) is 6.12. The maximum atomic E-state index is 10.7. The molecule has 1 aromatic rings. The molecule has 6 nitrogen and oxygen atoms in total. The van der Waals surface area contributed by atoms with Crippen molar-refractivity contribution in [3.63, 3.8) is 0 Å². The van der Waals surface area contributed by atoms with Crippen molar-refractivity contribution >= 4 is 5.69 Å². The summed E-state index contributed by atoms with van der Waals surface area (Å²) in [4.78, 5) is 0. The lowest BCUT2D eigenvalue weighted by atomic mass is 9.96. The molecule has 0 radical (unpaired) electrons. The highest BCUT2D eigenvalue weighted by molar-refractivity contribution is 5.58. The summed E-state index contributed by atoms with van der Waals surface area (Å²) in [6.07, 6.45) is 4.65. The number of aliphatic hydroxyl groups excluding tert-OH is 1. The summed E-state index contributed by atoms with van der Waals surface area (Å²) < 4.78 is 6.04. The summed E-state index contributed by atoms with van der Waals surface area (Å²) in [5.74, 6) is 0.886. The van der Waals surface area contributed by atoms with Crippen LogP contribution in [0.15, 0.2) is 36.4 Å². The van der Waals surface area contributed by atoms with Gasteiger partial charge in [-0.15, -0.1) is 6.58 Å². The third kappa shape index (κ3) is 5.50. The smallest absolute Gasteiger partial charge is 0.130 e. The van der Waals surface area contributed by atoms with Crippen LogP contribution in [-0.2, 0) is 12.8 Å². The van der Waals surface area contributed by atoms with E-state index in [-0.39, 0.29) is 6.10 Å². The monoisotopic (exact) mass is 431 g/mol. The minimum atomic E-state index is -0.598. The number of hydroxylamine groups is 2. The molecule has 4 N–H and O–H groups in total. The lowest BCUT2D eigenvalue weighted by molar-refractivity contribution is -0.185. The van der Waals surface area contributed by atoms with Crippen molar-refractivity contribution < 1.29 is 15.1 Å². The number of nitrogens with zero attached hydrogens (tertiary/aromatic N) is 1. The minimum absolute atomic E-state index is 0.240. The van der Waals surface area contributed by atoms with E-state index >= 15 is 0 Å². The normalized spacial score (nSPS) is 22.0. The molecule has 2 atom stereocenters. The molecule has 0 saturated heterocycles. The molecule has 6 heteroatoms. The predicted octanol–water partition coefficient (Wildman–Crippen LogP) is 3.93. The second kappa shape index (κ2) is 10.2. The number of fused-ring (bicyclic) bond motifs is 1. The van der Waals surface area contributed by atoms with Gasteiger partial charge in [0.15, 0.2) is 0 Å². The quantitative estimate of drug-likeness (QED) is 0.490. The van der Waals surface area contributed by atoms with E-state index in [1.165, 1.54) is 10.6 Å². The molecule has 0 saturated carbocycles. The fourth-order valence-electron chi connectivity index (χ4n) is 4.37. The Bertz CT molecular complexity index is 768. The average molecular weight is 432 g/mol. The minimum Gasteiger partial charge on any atom is -0.487 e. The van der Waals surface area contributed by atoms with Crippen molar-refractivity contribution in [2.45, 2.75) is 77.7 Å². The first kappa shape index (κ1) is 25.4. The number of hydrogen-bond donors (Lipinski definition) is 4. The number of nitrogens with one attached hydrogen (secondary N) is 2. The molecule has 0 spiro atoms. The summed E-state index contributed by atoms with van der Waals surface area (Å²) in [6.45, 7) is 16.4. The van der Waals surface area contributed by atoms with Crippen LogP contribution in [0, 0.1) is 0 Å². The molecule has 0 fully saturated rings. The topological polar surface area (TPSA) is 77.0 Å². The van der Waals surface area contributed by atoms with Crippen LogP contribution in [0.2, 0.25) is 0 Å². The molecule has 0 amide bonds. The van der Waals surface area contributed by atoms with Gasteiger partial charge in [0.2, 0.25) is 0 Å². The SMILES string of the molecule is C=CC.CCc1cc2c(cc1NC)CC(C(O)CNCC1=CC(C)(C)N(O)C1(C)C)O2. The van der Waals surface area contributed by atoms with Gasteiger partial charge >= 0.3 is 0 Å². The predicted molar refractivity (Wildman–Crippen MR) is 128 cm³/mol. The Morgan fingerprint density at radius 1 is 1.32 bits per heavy atom. The number of anilines is 1. The van der Waals surface area contributed by atoms with Crippen molar-refractivity contribution in [1.82, 2.24) is 10.4 Å². The van der Waals surface area contributed by atoms with E-state index in [1.807, 2.05) is 41.7 Å². The highest BCUT2D eigenvalue weighted by Crippen LogP contribution is 2.38. The highest BCUT2D eigenvalue weighted by atomic mass is 16.5. The van der Waals surface area contributed by atoms with Gasteiger partial charge in [-0.05, 0) is 69.9 Å². The number of hydrogen-bond acceptors (Lipinski definition) is 6. The number of benzene rings is 1. The third-order valence-corrected chi connectivity index (χ3v) is 6.12. The maximum absolute atomic E-state index is 10.7. The summed E-state index contributed by atoms with van der Waals surface area (Å²) in [6, 6.07) is 4.23. The summed E-state index contributed by atoms with van der Waals surface area (Å²) >= 11 is 0. The van der Waals surface area contributed by atoms with E-state index in [9.17, 15) is 10.3 Å².